The first kappa shape index (κ1) is 11.2. The number of methoxy groups -OCH3 is 1. The van der Waals surface area contributed by atoms with Gasteiger partial charge < -0.3 is 14.2 Å². The van der Waals surface area contributed by atoms with Crippen LogP contribution in [0.1, 0.15) is 20.3 Å². The lowest BCUT2D eigenvalue weighted by Gasteiger charge is -2.16. The lowest BCUT2D eigenvalue weighted by Crippen LogP contribution is -2.21. The van der Waals surface area contributed by atoms with E-state index >= 15 is 0 Å². The van der Waals surface area contributed by atoms with E-state index in [9.17, 15) is 4.79 Å². The summed E-state index contributed by atoms with van der Waals surface area (Å²) in [6, 6.07) is 0. The summed E-state index contributed by atoms with van der Waals surface area (Å²) in [6.45, 7) is 4.31. The van der Waals surface area contributed by atoms with Crippen molar-refractivity contribution in [1.82, 2.24) is 0 Å². The smallest absolute Gasteiger partial charge is 0.330 e. The van der Waals surface area contributed by atoms with Gasteiger partial charge in [0, 0.05) is 6.08 Å². The molecule has 0 radical (unpaired) electrons. The van der Waals surface area contributed by atoms with Crippen LogP contribution in [0.15, 0.2) is 12.2 Å². The van der Waals surface area contributed by atoms with Crippen LogP contribution in [-0.2, 0) is 19.0 Å². The summed E-state index contributed by atoms with van der Waals surface area (Å²) in [5, 5.41) is 0. The highest BCUT2D eigenvalue weighted by Crippen LogP contribution is 2.23. The molecule has 0 aromatic carbocycles. The zero-order valence-electron chi connectivity index (χ0n) is 8.78. The van der Waals surface area contributed by atoms with Crippen LogP contribution in [0.5, 0.6) is 0 Å². The molecule has 0 aromatic heterocycles. The second kappa shape index (κ2) is 4.57. The van der Waals surface area contributed by atoms with Crippen LogP contribution >= 0.6 is 0 Å². The van der Waals surface area contributed by atoms with Crippen LogP contribution in [0.2, 0.25) is 0 Å². The molecule has 0 saturated carbocycles. The molecular formula is C10H16O4. The third kappa shape index (κ3) is 3.47. The minimum absolute atomic E-state index is 0.0332. The minimum atomic E-state index is -0.496. The molecule has 1 heterocycles. The number of esters is 1. The van der Waals surface area contributed by atoms with Crippen molar-refractivity contribution in [3.63, 3.8) is 0 Å². The van der Waals surface area contributed by atoms with Crippen molar-refractivity contribution >= 4 is 5.97 Å². The van der Waals surface area contributed by atoms with Gasteiger partial charge in [0.15, 0.2) is 5.79 Å². The molecule has 0 amide bonds. The molecule has 4 heteroatoms. The average Bonchev–Trinajstić information content (AvgIpc) is 2.45. The van der Waals surface area contributed by atoms with E-state index in [1.54, 1.807) is 6.08 Å². The first-order valence-electron chi connectivity index (χ1n) is 4.60. The number of rotatable bonds is 3. The summed E-state index contributed by atoms with van der Waals surface area (Å²) in [4.78, 5) is 10.7. The van der Waals surface area contributed by atoms with Gasteiger partial charge in [0.25, 0.3) is 0 Å². The molecule has 4 nitrogen and oxygen atoms in total. The van der Waals surface area contributed by atoms with E-state index < -0.39 is 5.79 Å². The lowest BCUT2D eigenvalue weighted by molar-refractivity contribution is -0.137. The van der Waals surface area contributed by atoms with E-state index in [1.165, 1.54) is 13.2 Å². The van der Waals surface area contributed by atoms with E-state index in [0.29, 0.717) is 13.0 Å². The third-order valence-corrected chi connectivity index (χ3v) is 1.92. The van der Waals surface area contributed by atoms with Gasteiger partial charge in [-0.2, -0.15) is 0 Å². The van der Waals surface area contributed by atoms with Crippen LogP contribution in [0, 0.1) is 0 Å². The highest BCUT2D eigenvalue weighted by Gasteiger charge is 2.31. The predicted octanol–water partition coefficient (Wildman–Crippen LogP) is 1.26. The summed E-state index contributed by atoms with van der Waals surface area (Å²) < 4.78 is 15.4. The molecule has 0 unspecified atom stereocenters. The molecule has 1 atom stereocenters. The molecule has 0 bridgehead atoms. The fourth-order valence-electron chi connectivity index (χ4n) is 1.26. The van der Waals surface area contributed by atoms with E-state index in [1.807, 2.05) is 13.8 Å². The van der Waals surface area contributed by atoms with Crippen molar-refractivity contribution in [3.8, 4) is 0 Å². The zero-order chi connectivity index (χ0) is 10.6. The molecule has 0 spiro atoms. The zero-order valence-corrected chi connectivity index (χ0v) is 8.78. The molecule has 1 aliphatic rings. The highest BCUT2D eigenvalue weighted by molar-refractivity contribution is 5.81. The van der Waals surface area contributed by atoms with E-state index in [2.05, 4.69) is 4.74 Å². The molecule has 0 N–H and O–H groups in total. The fourth-order valence-corrected chi connectivity index (χ4v) is 1.26. The van der Waals surface area contributed by atoms with Gasteiger partial charge in [-0.15, -0.1) is 0 Å². The Morgan fingerprint density at radius 3 is 2.86 bits per heavy atom. The Labute approximate surface area is 83.8 Å². The maximum Gasteiger partial charge on any atom is 0.330 e. The first-order chi connectivity index (χ1) is 6.53. The third-order valence-electron chi connectivity index (χ3n) is 1.92. The monoisotopic (exact) mass is 200 g/mol. The predicted molar refractivity (Wildman–Crippen MR) is 50.7 cm³/mol. The van der Waals surface area contributed by atoms with Gasteiger partial charge >= 0.3 is 5.97 Å². The molecular weight excluding hydrogens is 184 g/mol. The summed E-state index contributed by atoms with van der Waals surface area (Å²) in [5.41, 5.74) is 0. The Kier molecular flexibility index (Phi) is 3.66. The maximum atomic E-state index is 10.7. The van der Waals surface area contributed by atoms with Crippen molar-refractivity contribution in [2.75, 3.05) is 13.7 Å². The van der Waals surface area contributed by atoms with Crippen LogP contribution in [0.3, 0.4) is 0 Å². The van der Waals surface area contributed by atoms with Crippen LogP contribution < -0.4 is 0 Å². The highest BCUT2D eigenvalue weighted by atomic mass is 16.7. The average molecular weight is 200 g/mol. The first-order valence-corrected chi connectivity index (χ1v) is 4.60. The largest absolute Gasteiger partial charge is 0.466 e. The summed E-state index contributed by atoms with van der Waals surface area (Å²) in [7, 11) is 1.35. The Hall–Kier alpha value is -0.870. The van der Waals surface area contributed by atoms with Crippen LogP contribution in [0.4, 0.5) is 0 Å². The summed E-state index contributed by atoms with van der Waals surface area (Å²) in [6.07, 6.45) is 3.83. The Balaban J connectivity index is 2.27. The summed E-state index contributed by atoms with van der Waals surface area (Å²) in [5.74, 6) is -0.841. The molecule has 1 saturated heterocycles. The van der Waals surface area contributed by atoms with Crippen molar-refractivity contribution in [2.24, 2.45) is 0 Å². The lowest BCUT2D eigenvalue weighted by atomic mass is 10.2. The normalized spacial score (nSPS) is 25.5. The minimum Gasteiger partial charge on any atom is -0.466 e. The van der Waals surface area contributed by atoms with Gasteiger partial charge in [-0.25, -0.2) is 4.79 Å². The van der Waals surface area contributed by atoms with Crippen molar-refractivity contribution < 1.29 is 19.0 Å². The Morgan fingerprint density at radius 1 is 1.64 bits per heavy atom. The van der Waals surface area contributed by atoms with Gasteiger partial charge in [-0.05, 0) is 20.3 Å². The van der Waals surface area contributed by atoms with Gasteiger partial charge in [-0.1, -0.05) is 6.08 Å². The van der Waals surface area contributed by atoms with Crippen molar-refractivity contribution in [2.45, 2.75) is 32.2 Å². The second-order valence-electron chi connectivity index (χ2n) is 3.61. The number of hydrogen-bond donors (Lipinski definition) is 0. The molecule has 80 valence electrons. The molecule has 14 heavy (non-hydrogen) atoms. The van der Waals surface area contributed by atoms with Crippen molar-refractivity contribution in [3.05, 3.63) is 12.2 Å². The van der Waals surface area contributed by atoms with Crippen molar-refractivity contribution in [1.29, 1.82) is 0 Å². The number of hydrogen-bond acceptors (Lipinski definition) is 4. The Morgan fingerprint density at radius 2 is 2.36 bits per heavy atom. The van der Waals surface area contributed by atoms with E-state index in [0.717, 1.165) is 0 Å². The summed E-state index contributed by atoms with van der Waals surface area (Å²) >= 11 is 0. The van der Waals surface area contributed by atoms with Gasteiger partial charge in [0.05, 0.1) is 19.8 Å². The SMILES string of the molecule is COC(=O)/C=C/C[C@@H]1COC(C)(C)O1. The standard InChI is InChI=1S/C10H16O4/c1-10(2)13-7-8(14-10)5-4-6-9(11)12-3/h4,6,8H,5,7H2,1-3H3/b6-4+/t8-/m1/s1. The van der Waals surface area contributed by atoms with E-state index in [-0.39, 0.29) is 12.1 Å². The number of ether oxygens (including phenoxy) is 3. The quantitative estimate of drug-likeness (QED) is 0.508. The van der Waals surface area contributed by atoms with Crippen LogP contribution in [0.25, 0.3) is 0 Å². The maximum absolute atomic E-state index is 10.7. The molecule has 0 aliphatic carbocycles. The van der Waals surface area contributed by atoms with Gasteiger partial charge in [0.2, 0.25) is 0 Å². The fraction of sp³-hybridized carbons (Fsp3) is 0.700. The topological polar surface area (TPSA) is 44.8 Å². The molecule has 0 aromatic rings. The van der Waals surface area contributed by atoms with Gasteiger partial charge in [0.1, 0.15) is 0 Å². The van der Waals surface area contributed by atoms with Gasteiger partial charge in [-0.3, -0.25) is 0 Å². The van der Waals surface area contributed by atoms with E-state index in [4.69, 9.17) is 9.47 Å². The number of carbonyl (C=O) groups excluding carboxylic acids is 1. The molecule has 1 aliphatic heterocycles. The molecule has 1 fully saturated rings. The molecule has 1 rings (SSSR count). The Bertz CT molecular complexity index is 232. The van der Waals surface area contributed by atoms with Crippen LogP contribution in [-0.4, -0.2) is 31.6 Å². The second-order valence-corrected chi connectivity index (χ2v) is 3.61. The number of carbonyl (C=O) groups is 1.